The van der Waals surface area contributed by atoms with E-state index in [-0.39, 0.29) is 28.7 Å². The third-order valence-electron chi connectivity index (χ3n) is 6.11. The molecule has 5 nitrogen and oxygen atoms in total. The van der Waals surface area contributed by atoms with E-state index < -0.39 is 9.84 Å². The van der Waals surface area contributed by atoms with Gasteiger partial charge in [-0.15, -0.1) is 0 Å². The minimum atomic E-state index is -3.01. The van der Waals surface area contributed by atoms with Crippen LogP contribution in [0.5, 0.6) is 0 Å². The first-order valence-corrected chi connectivity index (χ1v) is 12.9. The normalized spacial score (nSPS) is 28.2. The van der Waals surface area contributed by atoms with Crippen LogP contribution in [0.25, 0.3) is 0 Å². The maximum absolute atomic E-state index is 12.5. The van der Waals surface area contributed by atoms with E-state index in [2.05, 4.69) is 34.2 Å². The molecular weight excluding hydrogens is 392 g/mol. The van der Waals surface area contributed by atoms with Crippen LogP contribution in [-0.2, 0) is 21.2 Å². The van der Waals surface area contributed by atoms with Gasteiger partial charge in [0, 0.05) is 18.2 Å². The summed E-state index contributed by atoms with van der Waals surface area (Å²) in [6.07, 6.45) is 6.47. The number of amidine groups is 1. The molecule has 0 spiro atoms. The van der Waals surface area contributed by atoms with Gasteiger partial charge in [0.25, 0.3) is 0 Å². The van der Waals surface area contributed by atoms with E-state index in [9.17, 15) is 13.2 Å². The molecule has 1 aromatic rings. The van der Waals surface area contributed by atoms with E-state index in [0.717, 1.165) is 12.0 Å². The smallest absolute Gasteiger partial charge is 0.248 e. The highest BCUT2D eigenvalue weighted by Crippen LogP contribution is 2.39. The minimum absolute atomic E-state index is 0.0168. The molecule has 0 aromatic heterocycles. The Bertz CT molecular complexity index is 858. The molecule has 1 aliphatic carbocycles. The van der Waals surface area contributed by atoms with Crippen LogP contribution in [0.1, 0.15) is 49.7 Å². The van der Waals surface area contributed by atoms with Crippen molar-refractivity contribution < 1.29 is 13.2 Å². The van der Waals surface area contributed by atoms with E-state index in [1.54, 1.807) is 0 Å². The van der Waals surface area contributed by atoms with Crippen LogP contribution in [0.15, 0.2) is 29.3 Å². The summed E-state index contributed by atoms with van der Waals surface area (Å²) in [4.78, 5) is 19.0. The number of aryl methyl sites for hydroxylation is 1. The lowest BCUT2D eigenvalue weighted by atomic mass is 10.0. The van der Waals surface area contributed by atoms with Crippen LogP contribution in [0, 0.1) is 12.8 Å². The number of carbonyl (C=O) groups excluding carboxylic acids is 1. The van der Waals surface area contributed by atoms with Crippen molar-refractivity contribution in [3.63, 3.8) is 0 Å². The highest BCUT2D eigenvalue weighted by Gasteiger charge is 2.48. The van der Waals surface area contributed by atoms with Gasteiger partial charge < -0.3 is 4.90 Å². The van der Waals surface area contributed by atoms with Gasteiger partial charge in [-0.05, 0) is 24.8 Å². The van der Waals surface area contributed by atoms with Gasteiger partial charge in [-0.25, -0.2) is 8.42 Å². The van der Waals surface area contributed by atoms with Crippen molar-refractivity contribution in [1.82, 2.24) is 4.90 Å². The van der Waals surface area contributed by atoms with Gasteiger partial charge in [-0.1, -0.05) is 67.3 Å². The molecule has 0 radical (unpaired) electrons. The Hall–Kier alpha value is -1.34. The maximum atomic E-state index is 12.5. The first-order chi connectivity index (χ1) is 13.4. The first-order valence-electron chi connectivity index (χ1n) is 10.2. The Labute approximate surface area is 171 Å². The van der Waals surface area contributed by atoms with E-state index >= 15 is 0 Å². The van der Waals surface area contributed by atoms with Crippen molar-refractivity contribution in [2.45, 2.75) is 63.3 Å². The average Bonchev–Trinajstić information content (AvgIpc) is 3.32. The Balaban J connectivity index is 1.49. The summed E-state index contributed by atoms with van der Waals surface area (Å²) in [5, 5.41) is 0.693. The Morgan fingerprint density at radius 1 is 1.18 bits per heavy atom. The summed E-state index contributed by atoms with van der Waals surface area (Å²) in [5.41, 5.74) is 2.30. The largest absolute Gasteiger partial charge is 0.342 e. The number of nitrogens with zero attached hydrogens (tertiary/aromatic N) is 2. The van der Waals surface area contributed by atoms with Crippen molar-refractivity contribution in [3.05, 3.63) is 35.4 Å². The summed E-state index contributed by atoms with van der Waals surface area (Å²) in [6, 6.07) is 8.17. The van der Waals surface area contributed by atoms with Crippen LogP contribution in [0.3, 0.4) is 0 Å². The number of amides is 1. The van der Waals surface area contributed by atoms with Crippen LogP contribution in [-0.4, -0.2) is 47.2 Å². The summed E-state index contributed by atoms with van der Waals surface area (Å²) in [6.45, 7) is 2.64. The zero-order valence-electron chi connectivity index (χ0n) is 16.3. The lowest BCUT2D eigenvalue weighted by Gasteiger charge is -2.24. The summed E-state index contributed by atoms with van der Waals surface area (Å²) >= 11 is 1.48. The van der Waals surface area contributed by atoms with Crippen molar-refractivity contribution in [3.8, 4) is 0 Å². The minimum Gasteiger partial charge on any atom is -0.342 e. The Morgan fingerprint density at radius 2 is 1.89 bits per heavy atom. The molecule has 2 atom stereocenters. The third kappa shape index (κ3) is 4.62. The van der Waals surface area contributed by atoms with Gasteiger partial charge in [0.15, 0.2) is 15.0 Å². The first kappa shape index (κ1) is 20.0. The van der Waals surface area contributed by atoms with Crippen LogP contribution < -0.4 is 0 Å². The molecule has 3 fully saturated rings. The Morgan fingerprint density at radius 3 is 2.61 bits per heavy atom. The molecule has 2 aliphatic heterocycles. The molecule has 1 aromatic carbocycles. The summed E-state index contributed by atoms with van der Waals surface area (Å²) in [7, 11) is -3.01. The molecule has 3 aliphatic rings. The third-order valence-corrected chi connectivity index (χ3v) is 9.36. The van der Waals surface area contributed by atoms with Gasteiger partial charge >= 0.3 is 0 Å². The molecule has 4 rings (SSSR count). The molecule has 2 heterocycles. The fourth-order valence-corrected chi connectivity index (χ4v) is 8.47. The second-order valence-corrected chi connectivity index (χ2v) is 11.8. The molecule has 0 bridgehead atoms. The van der Waals surface area contributed by atoms with E-state index in [1.165, 1.54) is 43.0 Å². The Kier molecular flexibility index (Phi) is 5.83. The second kappa shape index (κ2) is 8.19. The monoisotopic (exact) mass is 420 g/mol. The van der Waals surface area contributed by atoms with E-state index in [1.807, 2.05) is 6.92 Å². The summed E-state index contributed by atoms with van der Waals surface area (Å²) in [5.74, 6) is 0.952. The standard InChI is InChI=1S/C21H28N2O3S2/c1-15-6-8-17(9-7-15)12-23-18-13-28(25,26)14-19(18)27-21(23)22-20(24)11-10-16-4-2-3-5-16/h6-9,16,18-19H,2-5,10-14H2,1H3/t18-,19-/m0/s1. The number of thioether (sulfide) groups is 1. The molecule has 28 heavy (non-hydrogen) atoms. The fraction of sp³-hybridized carbons (Fsp3) is 0.619. The van der Waals surface area contributed by atoms with Gasteiger partial charge in [-0.2, -0.15) is 4.99 Å². The van der Waals surface area contributed by atoms with E-state index in [4.69, 9.17) is 0 Å². The van der Waals surface area contributed by atoms with E-state index in [0.29, 0.717) is 24.1 Å². The number of rotatable bonds is 5. The van der Waals surface area contributed by atoms with Crippen LogP contribution >= 0.6 is 11.8 Å². The molecule has 2 saturated heterocycles. The number of aliphatic imine (C=N–C) groups is 1. The zero-order valence-corrected chi connectivity index (χ0v) is 18.0. The fourth-order valence-electron chi connectivity index (χ4n) is 4.50. The number of benzene rings is 1. The molecule has 7 heteroatoms. The van der Waals surface area contributed by atoms with Crippen LogP contribution in [0.4, 0.5) is 0 Å². The highest BCUT2D eigenvalue weighted by molar-refractivity contribution is 8.15. The van der Waals surface area contributed by atoms with Crippen molar-refractivity contribution in [2.24, 2.45) is 10.9 Å². The number of carbonyl (C=O) groups is 1. The molecule has 1 saturated carbocycles. The van der Waals surface area contributed by atoms with Gasteiger partial charge in [-0.3, -0.25) is 4.79 Å². The van der Waals surface area contributed by atoms with Crippen LogP contribution in [0.2, 0.25) is 0 Å². The number of fused-ring (bicyclic) bond motifs is 1. The van der Waals surface area contributed by atoms with Gasteiger partial charge in [0.05, 0.1) is 17.5 Å². The van der Waals surface area contributed by atoms with Gasteiger partial charge in [0.1, 0.15) is 0 Å². The number of sulfone groups is 1. The predicted molar refractivity (Wildman–Crippen MR) is 114 cm³/mol. The number of hydrogen-bond acceptors (Lipinski definition) is 4. The zero-order chi connectivity index (χ0) is 19.7. The second-order valence-electron chi connectivity index (χ2n) is 8.39. The number of hydrogen-bond donors (Lipinski definition) is 0. The van der Waals surface area contributed by atoms with Gasteiger partial charge in [0.2, 0.25) is 5.91 Å². The maximum Gasteiger partial charge on any atom is 0.248 e. The summed E-state index contributed by atoms with van der Waals surface area (Å²) < 4.78 is 24.2. The van der Waals surface area contributed by atoms with Crippen molar-refractivity contribution in [2.75, 3.05) is 11.5 Å². The quantitative estimate of drug-likeness (QED) is 0.729. The van der Waals surface area contributed by atoms with Crippen molar-refractivity contribution >= 4 is 32.7 Å². The van der Waals surface area contributed by atoms with Crippen molar-refractivity contribution in [1.29, 1.82) is 0 Å². The highest BCUT2D eigenvalue weighted by atomic mass is 32.2. The lowest BCUT2D eigenvalue weighted by Crippen LogP contribution is -2.37. The predicted octanol–water partition coefficient (Wildman–Crippen LogP) is 3.56. The SMILES string of the molecule is Cc1ccc(CN2C(=NC(=O)CCC3CCCC3)S[C@H]3CS(=O)(=O)C[C@@H]32)cc1. The molecule has 0 unspecified atom stereocenters. The lowest BCUT2D eigenvalue weighted by molar-refractivity contribution is -0.118. The topological polar surface area (TPSA) is 66.8 Å². The molecular formula is C21H28N2O3S2. The molecule has 152 valence electrons. The molecule has 0 N–H and O–H groups in total. The average molecular weight is 421 g/mol. The molecule has 1 amide bonds.